The van der Waals surface area contributed by atoms with E-state index in [0.29, 0.717) is 28.0 Å². The second-order valence-corrected chi connectivity index (χ2v) is 9.26. The lowest BCUT2D eigenvalue weighted by Crippen LogP contribution is -2.33. The number of rotatable bonds is 8. The van der Waals surface area contributed by atoms with E-state index in [4.69, 9.17) is 9.47 Å². The first kappa shape index (κ1) is 23.6. The Morgan fingerprint density at radius 2 is 1.88 bits per heavy atom. The molecule has 10 heteroatoms. The number of ether oxygens (including phenoxy) is 2. The predicted molar refractivity (Wildman–Crippen MR) is 129 cm³/mol. The van der Waals surface area contributed by atoms with E-state index in [0.717, 1.165) is 11.3 Å². The molecule has 0 fully saturated rings. The van der Waals surface area contributed by atoms with Crippen LogP contribution in [0.1, 0.15) is 41.6 Å². The van der Waals surface area contributed by atoms with E-state index in [1.165, 1.54) is 11.8 Å². The number of para-hydroxylation sites is 1. The summed E-state index contributed by atoms with van der Waals surface area (Å²) in [5, 5.41) is 15.1. The second-order valence-electron chi connectivity index (χ2n) is 8.31. The summed E-state index contributed by atoms with van der Waals surface area (Å²) in [7, 11) is 1.83. The molecule has 0 spiro atoms. The van der Waals surface area contributed by atoms with Crippen LogP contribution in [0.15, 0.2) is 47.6 Å². The number of carbonyl (C=O) groups excluding carboxylic acids is 2. The fourth-order valence-corrected chi connectivity index (χ4v) is 4.26. The van der Waals surface area contributed by atoms with Gasteiger partial charge >= 0.3 is 0 Å². The third kappa shape index (κ3) is 5.17. The van der Waals surface area contributed by atoms with Crippen molar-refractivity contribution >= 4 is 29.3 Å². The Balaban J connectivity index is 1.42. The fourth-order valence-electron chi connectivity index (χ4n) is 3.54. The van der Waals surface area contributed by atoms with Crippen LogP contribution in [0.25, 0.3) is 0 Å². The monoisotopic (exact) mass is 481 g/mol. The number of benzene rings is 2. The van der Waals surface area contributed by atoms with Crippen LogP contribution in [0.4, 0.5) is 5.69 Å². The molecule has 2 amide bonds. The fraction of sp³-hybridized carbons (Fsp3) is 0.333. The number of nitrogens with zero attached hydrogens (tertiary/aromatic N) is 3. The molecule has 0 saturated heterocycles. The van der Waals surface area contributed by atoms with Gasteiger partial charge in [-0.1, -0.05) is 43.8 Å². The molecule has 178 valence electrons. The predicted octanol–water partition coefficient (Wildman–Crippen LogP) is 3.71. The summed E-state index contributed by atoms with van der Waals surface area (Å²) in [5.74, 6) is 1.67. The average Bonchev–Trinajstić information content (AvgIpc) is 3.43. The highest BCUT2D eigenvalue weighted by atomic mass is 32.2. The van der Waals surface area contributed by atoms with E-state index in [9.17, 15) is 9.59 Å². The summed E-state index contributed by atoms with van der Waals surface area (Å²) in [4.78, 5) is 25.4. The zero-order valence-corrected chi connectivity index (χ0v) is 20.3. The van der Waals surface area contributed by atoms with Gasteiger partial charge in [-0.15, -0.1) is 10.2 Å². The maximum atomic E-state index is 12.9. The van der Waals surface area contributed by atoms with E-state index in [1.807, 2.05) is 56.7 Å². The van der Waals surface area contributed by atoms with Crippen molar-refractivity contribution in [2.75, 3.05) is 17.9 Å². The molecule has 1 aliphatic heterocycles. The smallest absolute Gasteiger partial charge is 0.252 e. The van der Waals surface area contributed by atoms with E-state index < -0.39 is 0 Å². The Morgan fingerprint density at radius 1 is 1.12 bits per heavy atom. The Hall–Kier alpha value is -3.53. The van der Waals surface area contributed by atoms with Gasteiger partial charge in [0.05, 0.1) is 11.8 Å². The topological polar surface area (TPSA) is 107 Å². The molecule has 2 aromatic carbocycles. The van der Waals surface area contributed by atoms with Gasteiger partial charge in [-0.2, -0.15) is 0 Å². The molecule has 1 unspecified atom stereocenters. The minimum atomic E-state index is -0.370. The molecule has 34 heavy (non-hydrogen) atoms. The summed E-state index contributed by atoms with van der Waals surface area (Å²) in [6.07, 6.45) is 0. The maximum absolute atomic E-state index is 12.9. The van der Waals surface area contributed by atoms with Crippen molar-refractivity contribution in [3.8, 4) is 11.5 Å². The molecular formula is C24H27N5O4S. The first-order chi connectivity index (χ1) is 16.3. The molecule has 1 aliphatic rings. The number of amides is 2. The van der Waals surface area contributed by atoms with E-state index in [2.05, 4.69) is 20.8 Å². The van der Waals surface area contributed by atoms with Crippen molar-refractivity contribution in [2.24, 2.45) is 13.0 Å². The molecule has 2 N–H and O–H groups in total. The normalized spacial score (nSPS) is 13.1. The summed E-state index contributed by atoms with van der Waals surface area (Å²) in [6.45, 7) is 6.10. The van der Waals surface area contributed by atoms with Gasteiger partial charge in [0.1, 0.15) is 0 Å². The van der Waals surface area contributed by atoms with Gasteiger partial charge in [0.25, 0.3) is 5.91 Å². The number of hydrogen-bond donors (Lipinski definition) is 2. The van der Waals surface area contributed by atoms with E-state index in [-0.39, 0.29) is 36.3 Å². The number of fused-ring (bicyclic) bond motifs is 1. The Bertz CT molecular complexity index is 1210. The SMILES string of the molecule is Cc1ccccc1NC(=O)CSc1nnc(C(NC(=O)c2ccc3c(c2)OCO3)C(C)C)n1C. The average molecular weight is 482 g/mol. The minimum Gasteiger partial charge on any atom is -0.454 e. The van der Waals surface area contributed by atoms with Crippen molar-refractivity contribution in [1.29, 1.82) is 0 Å². The molecule has 0 radical (unpaired) electrons. The molecule has 0 saturated carbocycles. The molecule has 2 heterocycles. The largest absolute Gasteiger partial charge is 0.454 e. The van der Waals surface area contributed by atoms with Crippen LogP contribution >= 0.6 is 11.8 Å². The van der Waals surface area contributed by atoms with Crippen LogP contribution in [0.3, 0.4) is 0 Å². The molecule has 4 rings (SSSR count). The standard InChI is InChI=1S/C24H27N5O4S/c1-14(2)21(26-23(31)16-9-10-18-19(11-16)33-13-32-18)22-27-28-24(29(22)4)34-12-20(30)25-17-8-6-5-7-15(17)3/h5-11,14,21H,12-13H2,1-4H3,(H,25,30)(H,26,31). The molecule has 1 aromatic heterocycles. The van der Waals surface area contributed by atoms with Crippen molar-refractivity contribution in [3.63, 3.8) is 0 Å². The summed E-state index contributed by atoms with van der Waals surface area (Å²) >= 11 is 1.29. The Morgan fingerprint density at radius 3 is 2.65 bits per heavy atom. The van der Waals surface area contributed by atoms with E-state index in [1.54, 1.807) is 18.2 Å². The van der Waals surface area contributed by atoms with Gasteiger partial charge in [0.15, 0.2) is 22.5 Å². The van der Waals surface area contributed by atoms with Crippen LogP contribution in [0, 0.1) is 12.8 Å². The van der Waals surface area contributed by atoms with Crippen molar-refractivity contribution < 1.29 is 19.1 Å². The number of aromatic nitrogens is 3. The molecular weight excluding hydrogens is 454 g/mol. The third-order valence-corrected chi connectivity index (χ3v) is 6.51. The summed E-state index contributed by atoms with van der Waals surface area (Å²) in [5.41, 5.74) is 2.26. The Kier molecular flexibility index (Phi) is 7.06. The summed E-state index contributed by atoms with van der Waals surface area (Å²) < 4.78 is 12.5. The molecule has 1 atom stereocenters. The first-order valence-corrected chi connectivity index (χ1v) is 11.9. The van der Waals surface area contributed by atoms with Crippen molar-refractivity contribution in [3.05, 3.63) is 59.4 Å². The lowest BCUT2D eigenvalue weighted by Gasteiger charge is -2.21. The number of hydrogen-bond acceptors (Lipinski definition) is 7. The number of anilines is 1. The zero-order valence-electron chi connectivity index (χ0n) is 19.5. The van der Waals surface area contributed by atoms with Gasteiger partial charge in [-0.3, -0.25) is 9.59 Å². The summed E-state index contributed by atoms with van der Waals surface area (Å²) in [6, 6.07) is 12.3. The highest BCUT2D eigenvalue weighted by Crippen LogP contribution is 2.33. The number of thioether (sulfide) groups is 1. The number of aryl methyl sites for hydroxylation is 1. The first-order valence-electron chi connectivity index (χ1n) is 10.9. The molecule has 3 aromatic rings. The highest BCUT2D eigenvalue weighted by Gasteiger charge is 2.26. The third-order valence-electron chi connectivity index (χ3n) is 5.49. The van der Waals surface area contributed by atoms with Gasteiger partial charge in [0.2, 0.25) is 12.7 Å². The molecule has 0 aliphatic carbocycles. The lowest BCUT2D eigenvalue weighted by molar-refractivity contribution is -0.113. The van der Waals surface area contributed by atoms with Crippen LogP contribution in [0.5, 0.6) is 11.5 Å². The van der Waals surface area contributed by atoms with Crippen molar-refractivity contribution in [1.82, 2.24) is 20.1 Å². The van der Waals surface area contributed by atoms with Gasteiger partial charge in [0, 0.05) is 18.3 Å². The molecule has 0 bridgehead atoms. The van der Waals surface area contributed by atoms with Gasteiger partial charge in [-0.05, 0) is 42.7 Å². The van der Waals surface area contributed by atoms with Crippen LogP contribution < -0.4 is 20.1 Å². The highest BCUT2D eigenvalue weighted by molar-refractivity contribution is 7.99. The van der Waals surface area contributed by atoms with Crippen LogP contribution in [-0.2, 0) is 11.8 Å². The number of nitrogens with one attached hydrogen (secondary N) is 2. The Labute approximate surface area is 202 Å². The van der Waals surface area contributed by atoms with Crippen molar-refractivity contribution in [2.45, 2.75) is 32.0 Å². The van der Waals surface area contributed by atoms with Crippen LogP contribution in [0.2, 0.25) is 0 Å². The maximum Gasteiger partial charge on any atom is 0.252 e. The van der Waals surface area contributed by atoms with Crippen LogP contribution in [-0.4, -0.2) is 39.1 Å². The second kappa shape index (κ2) is 10.2. The quantitative estimate of drug-likeness (QED) is 0.472. The van der Waals surface area contributed by atoms with Gasteiger partial charge in [-0.25, -0.2) is 0 Å². The molecule has 9 nitrogen and oxygen atoms in total. The van der Waals surface area contributed by atoms with E-state index >= 15 is 0 Å². The minimum absolute atomic E-state index is 0.0584. The van der Waals surface area contributed by atoms with Gasteiger partial charge < -0.3 is 24.7 Å². The zero-order chi connectivity index (χ0) is 24.2. The lowest BCUT2D eigenvalue weighted by atomic mass is 10.0. The number of carbonyl (C=O) groups is 2.